The third-order valence-corrected chi connectivity index (χ3v) is 9.48. The SMILES string of the molecule is CCOC(=O)C1=C(C)N=c2s/c(=C\c3cc(Br)cc(Br)c3OCc3ccc(Cl)c(Cl)c3)c(=O)n2[C@@H]1c1ccc(OCC)cc1. The lowest BCUT2D eigenvalue weighted by Crippen LogP contribution is -2.39. The van der Waals surface area contributed by atoms with Crippen LogP contribution in [-0.2, 0) is 16.1 Å². The Morgan fingerprint density at radius 3 is 2.45 bits per heavy atom. The number of carbonyl (C=O) groups excluding carboxylic acids is 1. The molecule has 0 N–H and O–H groups in total. The van der Waals surface area contributed by atoms with Crippen LogP contribution < -0.4 is 24.4 Å². The summed E-state index contributed by atoms with van der Waals surface area (Å²) in [6.45, 7) is 6.34. The minimum Gasteiger partial charge on any atom is -0.494 e. The predicted molar refractivity (Wildman–Crippen MR) is 181 cm³/mol. The highest BCUT2D eigenvalue weighted by atomic mass is 79.9. The molecule has 7 nitrogen and oxygen atoms in total. The average Bonchev–Trinajstić information content (AvgIpc) is 3.28. The van der Waals surface area contributed by atoms with Gasteiger partial charge in [-0.2, -0.15) is 0 Å². The maximum atomic E-state index is 14.1. The Bertz CT molecular complexity index is 1950. The van der Waals surface area contributed by atoms with E-state index in [4.69, 9.17) is 37.4 Å². The standard InChI is InChI=1S/C32H26Br2Cl2N2O5S/c1-4-41-22-9-7-19(8-10-22)28-27(31(40)42-5-2)17(3)37-32-38(28)30(39)26(44-32)14-20-13-21(33)15-23(34)29(20)43-16-18-6-11-24(35)25(36)12-18/h6-15,28H,4-5,16H2,1-3H3/b26-14-/t28-/m1/s1. The van der Waals surface area contributed by atoms with E-state index < -0.39 is 12.0 Å². The number of rotatable bonds is 9. The number of aromatic nitrogens is 1. The molecule has 1 aliphatic heterocycles. The van der Waals surface area contributed by atoms with Crippen LogP contribution >= 0.6 is 66.4 Å². The van der Waals surface area contributed by atoms with Crippen LogP contribution in [0, 0.1) is 0 Å². The van der Waals surface area contributed by atoms with Crippen LogP contribution in [-0.4, -0.2) is 23.8 Å². The number of carbonyl (C=O) groups is 1. The van der Waals surface area contributed by atoms with Gasteiger partial charge in [0.2, 0.25) is 0 Å². The van der Waals surface area contributed by atoms with E-state index in [1.807, 2.05) is 49.4 Å². The first-order chi connectivity index (χ1) is 21.1. The molecule has 0 saturated carbocycles. The molecule has 1 aromatic heterocycles. The number of thiazole rings is 1. The first-order valence-corrected chi connectivity index (χ1v) is 16.7. The van der Waals surface area contributed by atoms with Crippen LogP contribution in [0.3, 0.4) is 0 Å². The van der Waals surface area contributed by atoms with Gasteiger partial charge in [0.15, 0.2) is 4.80 Å². The highest BCUT2D eigenvalue weighted by Gasteiger charge is 2.33. The molecule has 0 unspecified atom stereocenters. The monoisotopic (exact) mass is 778 g/mol. The van der Waals surface area contributed by atoms with Crippen molar-refractivity contribution in [3.05, 3.63) is 121 Å². The van der Waals surface area contributed by atoms with E-state index in [1.54, 1.807) is 36.6 Å². The molecule has 44 heavy (non-hydrogen) atoms. The zero-order valence-corrected chi connectivity index (χ0v) is 29.3. The quantitative estimate of drug-likeness (QED) is 0.164. The van der Waals surface area contributed by atoms with Crippen molar-refractivity contribution >= 4 is 78.4 Å². The van der Waals surface area contributed by atoms with Crippen LogP contribution in [0.5, 0.6) is 11.5 Å². The number of nitrogens with zero attached hydrogens (tertiary/aromatic N) is 2. The summed E-state index contributed by atoms with van der Waals surface area (Å²) in [5.41, 5.74) is 2.73. The van der Waals surface area contributed by atoms with Gasteiger partial charge < -0.3 is 14.2 Å². The minimum absolute atomic E-state index is 0.193. The Hall–Kier alpha value is -2.89. The second-order valence-electron chi connectivity index (χ2n) is 9.65. The van der Waals surface area contributed by atoms with Crippen LogP contribution in [0.1, 0.15) is 43.5 Å². The summed E-state index contributed by atoms with van der Waals surface area (Å²) in [5, 5.41) is 0.893. The maximum absolute atomic E-state index is 14.1. The van der Waals surface area contributed by atoms with E-state index in [2.05, 4.69) is 36.9 Å². The molecule has 0 radical (unpaired) electrons. The molecule has 0 amide bonds. The lowest BCUT2D eigenvalue weighted by atomic mass is 9.96. The molecule has 0 fully saturated rings. The Kier molecular flexibility index (Phi) is 10.4. The summed E-state index contributed by atoms with van der Waals surface area (Å²) in [4.78, 5) is 32.5. The Balaban J connectivity index is 1.62. The number of allylic oxidation sites excluding steroid dienone is 1. The number of hydrogen-bond donors (Lipinski definition) is 0. The Morgan fingerprint density at radius 1 is 1.02 bits per heavy atom. The van der Waals surface area contributed by atoms with Gasteiger partial charge in [0.25, 0.3) is 5.56 Å². The summed E-state index contributed by atoms with van der Waals surface area (Å²) in [7, 11) is 0. The molecule has 2 heterocycles. The number of benzene rings is 3. The van der Waals surface area contributed by atoms with Gasteiger partial charge in [-0.1, -0.05) is 68.7 Å². The highest BCUT2D eigenvalue weighted by molar-refractivity contribution is 9.11. The summed E-state index contributed by atoms with van der Waals surface area (Å²) in [6, 6.07) is 15.7. The number of halogens is 4. The van der Waals surface area contributed by atoms with Gasteiger partial charge in [0.1, 0.15) is 18.1 Å². The van der Waals surface area contributed by atoms with Gasteiger partial charge in [0, 0.05) is 10.0 Å². The number of hydrogen-bond acceptors (Lipinski definition) is 7. The topological polar surface area (TPSA) is 79.1 Å². The Morgan fingerprint density at radius 2 is 1.77 bits per heavy atom. The second kappa shape index (κ2) is 14.0. The number of esters is 1. The minimum atomic E-state index is -0.734. The zero-order valence-electron chi connectivity index (χ0n) is 23.8. The molecular weight excluding hydrogens is 755 g/mol. The van der Waals surface area contributed by atoms with Gasteiger partial charge in [-0.05, 0) is 90.3 Å². The molecule has 228 valence electrons. The third-order valence-electron chi connectivity index (χ3n) is 6.71. The van der Waals surface area contributed by atoms with Crippen molar-refractivity contribution in [2.45, 2.75) is 33.4 Å². The molecule has 5 rings (SSSR count). The molecule has 0 saturated heterocycles. The fourth-order valence-corrected chi connectivity index (χ4v) is 7.52. The predicted octanol–water partition coefficient (Wildman–Crippen LogP) is 7.61. The number of fused-ring (bicyclic) bond motifs is 1. The van der Waals surface area contributed by atoms with Gasteiger partial charge in [-0.25, -0.2) is 9.79 Å². The van der Waals surface area contributed by atoms with Crippen molar-refractivity contribution in [3.63, 3.8) is 0 Å². The first kappa shape index (κ1) is 32.5. The van der Waals surface area contributed by atoms with Crippen molar-refractivity contribution in [1.82, 2.24) is 4.57 Å². The van der Waals surface area contributed by atoms with E-state index in [1.165, 1.54) is 11.3 Å². The van der Waals surface area contributed by atoms with E-state index in [0.29, 0.717) is 58.8 Å². The highest BCUT2D eigenvalue weighted by Crippen LogP contribution is 2.35. The van der Waals surface area contributed by atoms with Crippen LogP contribution in [0.4, 0.5) is 0 Å². The zero-order chi connectivity index (χ0) is 31.5. The Labute approximate surface area is 284 Å². The van der Waals surface area contributed by atoms with Crippen LogP contribution in [0.2, 0.25) is 10.0 Å². The maximum Gasteiger partial charge on any atom is 0.338 e. The van der Waals surface area contributed by atoms with Crippen molar-refractivity contribution in [1.29, 1.82) is 0 Å². The summed E-state index contributed by atoms with van der Waals surface area (Å²) < 4.78 is 20.7. The van der Waals surface area contributed by atoms with Crippen LogP contribution in [0.25, 0.3) is 6.08 Å². The molecule has 0 aliphatic carbocycles. The van der Waals surface area contributed by atoms with Gasteiger partial charge >= 0.3 is 5.97 Å². The first-order valence-electron chi connectivity index (χ1n) is 13.6. The third kappa shape index (κ3) is 6.84. The summed E-state index contributed by atoms with van der Waals surface area (Å²) in [6.07, 6.45) is 1.77. The van der Waals surface area contributed by atoms with Crippen molar-refractivity contribution < 1.29 is 19.0 Å². The lowest BCUT2D eigenvalue weighted by molar-refractivity contribution is -0.139. The van der Waals surface area contributed by atoms with Crippen molar-refractivity contribution in [2.24, 2.45) is 4.99 Å². The van der Waals surface area contributed by atoms with Crippen LogP contribution in [0.15, 0.2) is 84.6 Å². The normalized spacial score (nSPS) is 14.7. The number of ether oxygens (including phenoxy) is 3. The van der Waals surface area contributed by atoms with Crippen molar-refractivity contribution in [2.75, 3.05) is 13.2 Å². The molecular formula is C32H26Br2Cl2N2O5S. The molecule has 0 bridgehead atoms. The average molecular weight is 781 g/mol. The smallest absolute Gasteiger partial charge is 0.338 e. The lowest BCUT2D eigenvalue weighted by Gasteiger charge is -2.24. The molecule has 1 aliphatic rings. The molecule has 4 aromatic rings. The van der Waals surface area contributed by atoms with Gasteiger partial charge in [0.05, 0.1) is 49.6 Å². The van der Waals surface area contributed by atoms with E-state index in [0.717, 1.165) is 15.6 Å². The molecule has 1 atom stereocenters. The fourth-order valence-electron chi connectivity index (χ4n) is 4.79. The van der Waals surface area contributed by atoms with E-state index in [9.17, 15) is 9.59 Å². The molecule has 3 aromatic carbocycles. The summed E-state index contributed by atoms with van der Waals surface area (Å²) in [5.74, 6) is 0.711. The fraction of sp³-hybridized carbons (Fsp3) is 0.219. The second-order valence-corrected chi connectivity index (χ2v) is 13.2. The van der Waals surface area contributed by atoms with E-state index in [-0.39, 0.29) is 18.8 Å². The largest absolute Gasteiger partial charge is 0.494 e. The molecule has 12 heteroatoms. The van der Waals surface area contributed by atoms with Crippen molar-refractivity contribution in [3.8, 4) is 11.5 Å². The van der Waals surface area contributed by atoms with Gasteiger partial charge in [-0.15, -0.1) is 0 Å². The summed E-state index contributed by atoms with van der Waals surface area (Å²) >= 11 is 20.7. The van der Waals surface area contributed by atoms with Gasteiger partial charge in [-0.3, -0.25) is 9.36 Å². The molecule has 0 spiro atoms. The van der Waals surface area contributed by atoms with E-state index >= 15 is 0 Å².